The fourth-order valence-corrected chi connectivity index (χ4v) is 2.10. The van der Waals surface area contributed by atoms with E-state index in [0.717, 1.165) is 19.0 Å². The molecule has 1 aromatic rings. The fourth-order valence-electron chi connectivity index (χ4n) is 2.10. The minimum Gasteiger partial charge on any atom is -0.313 e. The van der Waals surface area contributed by atoms with E-state index in [4.69, 9.17) is 0 Å². The smallest absolute Gasteiger partial charge is 0.0205 e. The molecular formula is C15H21N. The molecule has 1 aliphatic carbocycles. The van der Waals surface area contributed by atoms with Crippen LogP contribution >= 0.6 is 0 Å². The van der Waals surface area contributed by atoms with Gasteiger partial charge in [0.05, 0.1) is 0 Å². The maximum atomic E-state index is 4.11. The first-order valence-corrected chi connectivity index (χ1v) is 6.30. The molecule has 0 radical (unpaired) electrons. The van der Waals surface area contributed by atoms with Gasteiger partial charge in [0.25, 0.3) is 0 Å². The molecule has 1 aliphatic rings. The van der Waals surface area contributed by atoms with Gasteiger partial charge in [-0.15, -0.1) is 0 Å². The van der Waals surface area contributed by atoms with E-state index in [0.29, 0.717) is 0 Å². The molecule has 0 atom stereocenters. The Morgan fingerprint density at radius 1 is 1.25 bits per heavy atom. The quantitative estimate of drug-likeness (QED) is 0.716. The van der Waals surface area contributed by atoms with Crippen molar-refractivity contribution < 1.29 is 0 Å². The molecule has 2 rings (SSSR count). The van der Waals surface area contributed by atoms with Crippen molar-refractivity contribution in [3.63, 3.8) is 0 Å². The van der Waals surface area contributed by atoms with Gasteiger partial charge in [-0.05, 0) is 30.0 Å². The summed E-state index contributed by atoms with van der Waals surface area (Å²) < 4.78 is 0. The van der Waals surface area contributed by atoms with Gasteiger partial charge in [0.15, 0.2) is 0 Å². The molecule has 1 saturated carbocycles. The van der Waals surface area contributed by atoms with Gasteiger partial charge in [0.2, 0.25) is 0 Å². The second-order valence-corrected chi connectivity index (χ2v) is 4.73. The van der Waals surface area contributed by atoms with Gasteiger partial charge >= 0.3 is 0 Å². The number of hydrogen-bond donors (Lipinski definition) is 1. The minimum absolute atomic E-state index is 0.913. The molecule has 0 aliphatic heterocycles. The summed E-state index contributed by atoms with van der Waals surface area (Å²) in [5.74, 6) is 0.998. The van der Waals surface area contributed by atoms with Crippen LogP contribution in [-0.2, 0) is 0 Å². The Kier molecular flexibility index (Phi) is 4.17. The van der Waals surface area contributed by atoms with Gasteiger partial charge in [-0.1, -0.05) is 56.2 Å². The molecule has 0 saturated heterocycles. The van der Waals surface area contributed by atoms with E-state index in [1.807, 2.05) is 6.07 Å². The van der Waals surface area contributed by atoms with Gasteiger partial charge in [-0.2, -0.15) is 0 Å². The molecule has 1 N–H and O–H groups in total. The molecule has 1 aromatic carbocycles. The highest BCUT2D eigenvalue weighted by Crippen LogP contribution is 2.28. The predicted octanol–water partition coefficient (Wildman–Crippen LogP) is 3.48. The molecule has 0 spiro atoms. The lowest BCUT2D eigenvalue weighted by atomic mass is 9.83. The van der Waals surface area contributed by atoms with Crippen molar-refractivity contribution in [2.75, 3.05) is 13.1 Å². The SMILES string of the molecule is C=C(CNCCC1CCC1)c1ccccc1. The van der Waals surface area contributed by atoms with Crippen molar-refractivity contribution >= 4 is 5.57 Å². The Balaban J connectivity index is 1.64. The molecule has 86 valence electrons. The van der Waals surface area contributed by atoms with Crippen LogP contribution in [0.3, 0.4) is 0 Å². The summed E-state index contributed by atoms with van der Waals surface area (Å²) in [6, 6.07) is 10.4. The highest BCUT2D eigenvalue weighted by atomic mass is 14.8. The maximum Gasteiger partial charge on any atom is 0.0205 e. The third-order valence-corrected chi connectivity index (χ3v) is 3.47. The Hall–Kier alpha value is -1.08. The number of hydrogen-bond acceptors (Lipinski definition) is 1. The molecule has 0 amide bonds. The molecule has 1 nitrogen and oxygen atoms in total. The van der Waals surface area contributed by atoms with Crippen molar-refractivity contribution in [3.8, 4) is 0 Å². The van der Waals surface area contributed by atoms with Crippen LogP contribution in [0.1, 0.15) is 31.2 Å². The third kappa shape index (κ3) is 3.21. The van der Waals surface area contributed by atoms with E-state index < -0.39 is 0 Å². The van der Waals surface area contributed by atoms with E-state index in [1.165, 1.54) is 36.8 Å². The second kappa shape index (κ2) is 5.86. The summed E-state index contributed by atoms with van der Waals surface area (Å²) in [6.45, 7) is 6.16. The van der Waals surface area contributed by atoms with Crippen molar-refractivity contribution in [2.24, 2.45) is 5.92 Å². The molecule has 16 heavy (non-hydrogen) atoms. The summed E-state index contributed by atoms with van der Waals surface area (Å²) in [4.78, 5) is 0. The lowest BCUT2D eigenvalue weighted by Gasteiger charge is -2.25. The van der Waals surface area contributed by atoms with Crippen LogP contribution in [0.2, 0.25) is 0 Å². The first-order valence-electron chi connectivity index (χ1n) is 6.30. The van der Waals surface area contributed by atoms with Gasteiger partial charge in [0, 0.05) is 6.54 Å². The lowest BCUT2D eigenvalue weighted by Crippen LogP contribution is -2.22. The molecule has 1 fully saturated rings. The average molecular weight is 215 g/mol. The van der Waals surface area contributed by atoms with E-state index in [1.54, 1.807) is 0 Å². The van der Waals surface area contributed by atoms with Crippen molar-refractivity contribution in [1.82, 2.24) is 5.32 Å². The first kappa shape index (κ1) is 11.4. The van der Waals surface area contributed by atoms with Crippen LogP contribution in [0.25, 0.3) is 5.57 Å². The summed E-state index contributed by atoms with van der Waals surface area (Å²) in [7, 11) is 0. The third-order valence-electron chi connectivity index (χ3n) is 3.47. The Labute approximate surface area is 98.6 Å². The van der Waals surface area contributed by atoms with Crippen LogP contribution in [-0.4, -0.2) is 13.1 Å². The van der Waals surface area contributed by atoms with E-state index >= 15 is 0 Å². The van der Waals surface area contributed by atoms with Crippen molar-refractivity contribution in [3.05, 3.63) is 42.5 Å². The highest BCUT2D eigenvalue weighted by Gasteiger charge is 2.16. The van der Waals surface area contributed by atoms with Crippen LogP contribution in [0, 0.1) is 5.92 Å². The Bertz CT molecular complexity index is 325. The molecule has 0 heterocycles. The zero-order valence-corrected chi connectivity index (χ0v) is 9.91. The van der Waals surface area contributed by atoms with E-state index in [9.17, 15) is 0 Å². The Morgan fingerprint density at radius 2 is 2.00 bits per heavy atom. The standard InChI is InChI=1S/C15H21N/c1-13(15-8-3-2-4-9-15)12-16-11-10-14-6-5-7-14/h2-4,8-9,14,16H,1,5-7,10-12H2. The molecule has 0 unspecified atom stereocenters. The lowest BCUT2D eigenvalue weighted by molar-refractivity contribution is 0.294. The molecule has 1 heteroatoms. The van der Waals surface area contributed by atoms with Crippen molar-refractivity contribution in [1.29, 1.82) is 0 Å². The average Bonchev–Trinajstić information content (AvgIpc) is 2.27. The summed E-state index contributed by atoms with van der Waals surface area (Å²) in [6.07, 6.45) is 5.67. The van der Waals surface area contributed by atoms with Gasteiger partial charge < -0.3 is 5.32 Å². The van der Waals surface area contributed by atoms with Crippen molar-refractivity contribution in [2.45, 2.75) is 25.7 Å². The van der Waals surface area contributed by atoms with Crippen LogP contribution in [0.5, 0.6) is 0 Å². The van der Waals surface area contributed by atoms with Gasteiger partial charge in [-0.25, -0.2) is 0 Å². The number of benzene rings is 1. The van der Waals surface area contributed by atoms with Crippen LogP contribution in [0.4, 0.5) is 0 Å². The first-order chi connectivity index (χ1) is 7.86. The number of nitrogens with one attached hydrogen (secondary N) is 1. The van der Waals surface area contributed by atoms with Crippen LogP contribution < -0.4 is 5.32 Å². The highest BCUT2D eigenvalue weighted by molar-refractivity contribution is 5.64. The normalized spacial score (nSPS) is 15.8. The number of rotatable bonds is 6. The maximum absolute atomic E-state index is 4.11. The van der Waals surface area contributed by atoms with E-state index in [2.05, 4.69) is 36.2 Å². The largest absolute Gasteiger partial charge is 0.313 e. The minimum atomic E-state index is 0.913. The predicted molar refractivity (Wildman–Crippen MR) is 70.3 cm³/mol. The van der Waals surface area contributed by atoms with Gasteiger partial charge in [-0.3, -0.25) is 0 Å². The second-order valence-electron chi connectivity index (χ2n) is 4.73. The summed E-state index contributed by atoms with van der Waals surface area (Å²) in [5, 5.41) is 3.48. The topological polar surface area (TPSA) is 12.0 Å². The zero-order chi connectivity index (χ0) is 11.2. The molecule has 0 aromatic heterocycles. The summed E-state index contributed by atoms with van der Waals surface area (Å²) in [5.41, 5.74) is 2.44. The Morgan fingerprint density at radius 3 is 2.62 bits per heavy atom. The van der Waals surface area contributed by atoms with E-state index in [-0.39, 0.29) is 0 Å². The molecule has 0 bridgehead atoms. The fraction of sp³-hybridized carbons (Fsp3) is 0.467. The van der Waals surface area contributed by atoms with Crippen LogP contribution in [0.15, 0.2) is 36.9 Å². The van der Waals surface area contributed by atoms with Gasteiger partial charge in [0.1, 0.15) is 0 Å². The molecular weight excluding hydrogens is 194 g/mol. The summed E-state index contributed by atoms with van der Waals surface area (Å²) >= 11 is 0. The monoisotopic (exact) mass is 215 g/mol. The zero-order valence-electron chi connectivity index (χ0n) is 9.91.